The molecule has 1 aromatic carbocycles. The summed E-state index contributed by atoms with van der Waals surface area (Å²) in [6, 6.07) is 6.42. The van der Waals surface area contributed by atoms with Crippen molar-refractivity contribution in [2.24, 2.45) is 5.92 Å². The average molecular weight is 222 g/mol. The molecule has 0 saturated carbocycles. The number of hydrogen-bond acceptors (Lipinski definition) is 1. The van der Waals surface area contributed by atoms with Crippen LogP contribution in [-0.4, -0.2) is 11.1 Å². The van der Waals surface area contributed by atoms with Crippen LogP contribution in [0.2, 0.25) is 0 Å². The molecule has 0 bridgehead atoms. The number of carbonyl (C=O) groups is 1. The van der Waals surface area contributed by atoms with E-state index in [9.17, 15) is 9.18 Å². The van der Waals surface area contributed by atoms with Gasteiger partial charge in [-0.2, -0.15) is 0 Å². The van der Waals surface area contributed by atoms with E-state index >= 15 is 0 Å². The number of aliphatic carboxylic acids is 1. The second-order valence-electron chi connectivity index (χ2n) is 3.98. The van der Waals surface area contributed by atoms with Gasteiger partial charge >= 0.3 is 5.97 Å². The lowest BCUT2D eigenvalue weighted by molar-refractivity contribution is -0.131. The first-order valence-corrected chi connectivity index (χ1v) is 5.17. The molecule has 0 heterocycles. The predicted molar refractivity (Wildman–Crippen MR) is 60.7 cm³/mol. The van der Waals surface area contributed by atoms with E-state index in [-0.39, 0.29) is 11.7 Å². The third-order valence-corrected chi connectivity index (χ3v) is 2.40. The lowest BCUT2D eigenvalue weighted by Gasteiger charge is -2.11. The van der Waals surface area contributed by atoms with Crippen molar-refractivity contribution in [2.45, 2.75) is 20.3 Å². The molecule has 16 heavy (non-hydrogen) atoms. The van der Waals surface area contributed by atoms with Gasteiger partial charge in [0.1, 0.15) is 5.82 Å². The van der Waals surface area contributed by atoms with E-state index in [1.807, 2.05) is 13.8 Å². The molecule has 0 aliphatic heterocycles. The summed E-state index contributed by atoms with van der Waals surface area (Å²) in [5.41, 5.74) is 1.25. The Hall–Kier alpha value is -1.64. The quantitative estimate of drug-likeness (QED) is 0.795. The summed E-state index contributed by atoms with van der Waals surface area (Å²) in [6.45, 7) is 3.80. The van der Waals surface area contributed by atoms with E-state index in [1.54, 1.807) is 18.2 Å². The van der Waals surface area contributed by atoms with Crippen LogP contribution in [0.25, 0.3) is 0 Å². The van der Waals surface area contributed by atoms with Crippen LogP contribution in [0, 0.1) is 11.7 Å². The molecular formula is C13H15FO2. The van der Waals surface area contributed by atoms with Crippen LogP contribution in [0.5, 0.6) is 0 Å². The van der Waals surface area contributed by atoms with E-state index in [1.165, 1.54) is 6.07 Å². The van der Waals surface area contributed by atoms with Crippen LogP contribution in [0.1, 0.15) is 19.4 Å². The van der Waals surface area contributed by atoms with Gasteiger partial charge in [0.15, 0.2) is 0 Å². The molecule has 0 amide bonds. The van der Waals surface area contributed by atoms with E-state index < -0.39 is 5.97 Å². The van der Waals surface area contributed by atoms with E-state index in [0.717, 1.165) is 11.6 Å². The number of hydrogen-bond donors (Lipinski definition) is 1. The molecule has 0 radical (unpaired) electrons. The Labute approximate surface area is 94.4 Å². The topological polar surface area (TPSA) is 37.3 Å². The van der Waals surface area contributed by atoms with Crippen LogP contribution in [0.15, 0.2) is 35.9 Å². The Morgan fingerprint density at radius 2 is 2.06 bits per heavy atom. The van der Waals surface area contributed by atoms with Gasteiger partial charge in [-0.3, -0.25) is 0 Å². The Morgan fingerprint density at radius 1 is 1.44 bits per heavy atom. The summed E-state index contributed by atoms with van der Waals surface area (Å²) in [5, 5.41) is 8.71. The summed E-state index contributed by atoms with van der Waals surface area (Å²) in [4.78, 5) is 10.6. The third-order valence-electron chi connectivity index (χ3n) is 2.40. The van der Waals surface area contributed by atoms with Crippen LogP contribution in [-0.2, 0) is 11.2 Å². The third kappa shape index (κ3) is 3.50. The molecule has 0 spiro atoms. The molecule has 3 heteroatoms. The van der Waals surface area contributed by atoms with Crippen molar-refractivity contribution in [1.29, 1.82) is 0 Å². The van der Waals surface area contributed by atoms with E-state index in [0.29, 0.717) is 12.0 Å². The van der Waals surface area contributed by atoms with Gasteiger partial charge in [-0.25, -0.2) is 9.18 Å². The first kappa shape index (κ1) is 12.4. The van der Waals surface area contributed by atoms with Gasteiger partial charge in [0, 0.05) is 6.08 Å². The van der Waals surface area contributed by atoms with Gasteiger partial charge in [0.05, 0.1) is 0 Å². The highest BCUT2D eigenvalue weighted by molar-refractivity contribution is 5.80. The highest BCUT2D eigenvalue weighted by atomic mass is 19.1. The molecule has 0 aromatic heterocycles. The Balaban J connectivity index is 2.93. The molecule has 2 nitrogen and oxygen atoms in total. The van der Waals surface area contributed by atoms with Crippen molar-refractivity contribution in [3.63, 3.8) is 0 Å². The minimum absolute atomic E-state index is 0.0932. The van der Waals surface area contributed by atoms with Gasteiger partial charge in [-0.05, 0) is 24.0 Å². The molecule has 0 atom stereocenters. The maximum Gasteiger partial charge on any atom is 0.328 e. The first-order chi connectivity index (χ1) is 7.50. The Kier molecular flexibility index (Phi) is 4.23. The summed E-state index contributed by atoms with van der Waals surface area (Å²) >= 11 is 0. The van der Waals surface area contributed by atoms with E-state index in [2.05, 4.69) is 0 Å². The van der Waals surface area contributed by atoms with Crippen molar-refractivity contribution >= 4 is 5.97 Å². The summed E-state index contributed by atoms with van der Waals surface area (Å²) in [5.74, 6) is -1.19. The molecule has 0 saturated heterocycles. The minimum atomic E-state index is -0.986. The molecule has 86 valence electrons. The molecule has 1 rings (SSSR count). The second-order valence-corrected chi connectivity index (χ2v) is 3.98. The second kappa shape index (κ2) is 5.45. The van der Waals surface area contributed by atoms with Crippen molar-refractivity contribution in [3.05, 3.63) is 47.3 Å². The van der Waals surface area contributed by atoms with Crippen molar-refractivity contribution in [1.82, 2.24) is 0 Å². The number of carboxylic acids is 1. The summed E-state index contributed by atoms with van der Waals surface area (Å²) in [7, 11) is 0. The number of allylic oxidation sites excluding steroid dienone is 1. The van der Waals surface area contributed by atoms with Gasteiger partial charge < -0.3 is 5.11 Å². The van der Waals surface area contributed by atoms with Gasteiger partial charge in [0.2, 0.25) is 0 Å². The normalized spacial score (nSPS) is 11.9. The largest absolute Gasteiger partial charge is 0.478 e. The lowest BCUT2D eigenvalue weighted by Crippen LogP contribution is -2.04. The summed E-state index contributed by atoms with van der Waals surface area (Å²) in [6.07, 6.45) is 1.51. The molecular weight excluding hydrogens is 207 g/mol. The maximum atomic E-state index is 13.4. The summed E-state index contributed by atoms with van der Waals surface area (Å²) < 4.78 is 13.4. The van der Waals surface area contributed by atoms with Gasteiger partial charge in [0.25, 0.3) is 0 Å². The van der Waals surface area contributed by atoms with Crippen molar-refractivity contribution in [2.75, 3.05) is 0 Å². The zero-order valence-corrected chi connectivity index (χ0v) is 9.40. The maximum absolute atomic E-state index is 13.4. The molecule has 1 aromatic rings. The molecule has 0 fully saturated rings. The fraction of sp³-hybridized carbons (Fsp3) is 0.308. The Bertz CT molecular complexity index is 408. The smallest absolute Gasteiger partial charge is 0.328 e. The fourth-order valence-corrected chi connectivity index (χ4v) is 1.44. The van der Waals surface area contributed by atoms with Crippen LogP contribution in [0.3, 0.4) is 0 Å². The number of halogens is 1. The minimum Gasteiger partial charge on any atom is -0.478 e. The van der Waals surface area contributed by atoms with Crippen LogP contribution < -0.4 is 0 Å². The molecule has 0 aliphatic rings. The number of carboxylic acid groups (broad SMARTS) is 1. The molecule has 0 aliphatic carbocycles. The highest BCUT2D eigenvalue weighted by Gasteiger charge is 2.09. The lowest BCUT2D eigenvalue weighted by atomic mass is 9.95. The zero-order valence-electron chi connectivity index (χ0n) is 9.40. The van der Waals surface area contributed by atoms with Crippen LogP contribution >= 0.6 is 0 Å². The highest BCUT2D eigenvalue weighted by Crippen LogP contribution is 2.18. The SMILES string of the molecule is CC(C)/C(=C\C(=O)O)Cc1ccccc1F. The fourth-order valence-electron chi connectivity index (χ4n) is 1.44. The number of rotatable bonds is 4. The van der Waals surface area contributed by atoms with Gasteiger partial charge in [-0.15, -0.1) is 0 Å². The molecule has 1 N–H and O–H groups in total. The standard InChI is InChI=1S/C13H15FO2/c1-9(2)11(8-13(15)16)7-10-5-3-4-6-12(10)14/h3-6,8-9H,7H2,1-2H3,(H,15,16)/b11-8-. The average Bonchev–Trinajstić information content (AvgIpc) is 2.19. The molecule has 0 unspecified atom stereocenters. The van der Waals surface area contributed by atoms with Crippen molar-refractivity contribution < 1.29 is 14.3 Å². The predicted octanol–water partition coefficient (Wildman–Crippen LogP) is 3.04. The van der Waals surface area contributed by atoms with E-state index in [4.69, 9.17) is 5.11 Å². The number of benzene rings is 1. The zero-order chi connectivity index (χ0) is 12.1. The monoisotopic (exact) mass is 222 g/mol. The van der Waals surface area contributed by atoms with Crippen molar-refractivity contribution in [3.8, 4) is 0 Å². The van der Waals surface area contributed by atoms with Gasteiger partial charge in [-0.1, -0.05) is 37.6 Å². The Morgan fingerprint density at radius 3 is 2.56 bits per heavy atom. The van der Waals surface area contributed by atoms with Crippen LogP contribution in [0.4, 0.5) is 4.39 Å². The first-order valence-electron chi connectivity index (χ1n) is 5.17.